The minimum absolute atomic E-state index is 0.0994. The predicted octanol–water partition coefficient (Wildman–Crippen LogP) is 4.39. The molecule has 3 rings (SSSR count). The highest BCUT2D eigenvalue weighted by Gasteiger charge is 2.27. The summed E-state index contributed by atoms with van der Waals surface area (Å²) in [5.41, 5.74) is 1.36. The lowest BCUT2D eigenvalue weighted by molar-refractivity contribution is 0.0602. The lowest BCUT2D eigenvalue weighted by atomic mass is 9.99. The van der Waals surface area contributed by atoms with Crippen molar-refractivity contribution < 1.29 is 9.59 Å². The fourth-order valence-electron chi connectivity index (χ4n) is 3.26. The lowest BCUT2D eigenvalue weighted by Gasteiger charge is -2.35. The van der Waals surface area contributed by atoms with E-state index in [0.29, 0.717) is 22.0 Å². The summed E-state index contributed by atoms with van der Waals surface area (Å²) >= 11 is 5.86. The summed E-state index contributed by atoms with van der Waals surface area (Å²) in [6.07, 6.45) is 5.63. The Kier molecular flexibility index (Phi) is 5.89. The lowest BCUT2D eigenvalue weighted by Crippen LogP contribution is -2.43. The molecule has 0 bridgehead atoms. The van der Waals surface area contributed by atoms with Crippen molar-refractivity contribution in [3.63, 3.8) is 0 Å². The van der Waals surface area contributed by atoms with Gasteiger partial charge in [-0.15, -0.1) is 0 Å². The number of aromatic nitrogens is 1. The fourth-order valence-corrected chi connectivity index (χ4v) is 3.39. The number of rotatable bonds is 4. The Labute approximate surface area is 158 Å². The Morgan fingerprint density at radius 1 is 1.23 bits per heavy atom. The molecule has 6 heteroatoms. The molecule has 1 aromatic carbocycles. The van der Waals surface area contributed by atoms with Crippen LogP contribution in [-0.2, 0) is 0 Å². The Balaban J connectivity index is 1.75. The summed E-state index contributed by atoms with van der Waals surface area (Å²) in [5.74, 6) is -0.382. The van der Waals surface area contributed by atoms with E-state index >= 15 is 0 Å². The van der Waals surface area contributed by atoms with Crippen molar-refractivity contribution in [3.05, 3.63) is 58.9 Å². The minimum atomic E-state index is -0.283. The number of hydrogen-bond acceptors (Lipinski definition) is 3. The van der Waals surface area contributed by atoms with Crippen LogP contribution in [0.5, 0.6) is 0 Å². The van der Waals surface area contributed by atoms with Gasteiger partial charge in [0.25, 0.3) is 11.8 Å². The fraction of sp³-hybridized carbons (Fsp3) is 0.350. The SMILES string of the molecule is CCC1CCCCN1C(=O)c1cc(C(=O)Nc2ccc(Cl)cc2)ccn1. The zero-order chi connectivity index (χ0) is 18.5. The molecule has 0 spiro atoms. The molecule has 26 heavy (non-hydrogen) atoms. The van der Waals surface area contributed by atoms with Gasteiger partial charge in [-0.2, -0.15) is 0 Å². The normalized spacial score (nSPS) is 17.0. The molecule has 1 fully saturated rings. The van der Waals surface area contributed by atoms with Gasteiger partial charge in [0.1, 0.15) is 5.69 Å². The number of likely N-dealkylation sites (tertiary alicyclic amines) is 1. The van der Waals surface area contributed by atoms with Gasteiger partial charge in [-0.1, -0.05) is 18.5 Å². The highest BCUT2D eigenvalue weighted by atomic mass is 35.5. The zero-order valence-corrected chi connectivity index (χ0v) is 15.5. The van der Waals surface area contributed by atoms with Crippen LogP contribution < -0.4 is 5.32 Å². The number of carbonyl (C=O) groups excluding carboxylic acids is 2. The maximum absolute atomic E-state index is 12.9. The summed E-state index contributed by atoms with van der Waals surface area (Å²) in [5, 5.41) is 3.40. The minimum Gasteiger partial charge on any atom is -0.334 e. The quantitative estimate of drug-likeness (QED) is 0.866. The second-order valence-electron chi connectivity index (χ2n) is 6.45. The van der Waals surface area contributed by atoms with Crippen LogP contribution in [-0.4, -0.2) is 34.3 Å². The van der Waals surface area contributed by atoms with Crippen molar-refractivity contribution in [2.75, 3.05) is 11.9 Å². The monoisotopic (exact) mass is 371 g/mol. The van der Waals surface area contributed by atoms with E-state index in [1.54, 1.807) is 36.4 Å². The Morgan fingerprint density at radius 2 is 2.00 bits per heavy atom. The van der Waals surface area contributed by atoms with Crippen molar-refractivity contribution in [2.24, 2.45) is 0 Å². The maximum Gasteiger partial charge on any atom is 0.272 e. The molecule has 2 aromatic rings. The number of halogens is 1. The number of piperidine rings is 1. The van der Waals surface area contributed by atoms with E-state index < -0.39 is 0 Å². The van der Waals surface area contributed by atoms with E-state index in [1.807, 2.05) is 4.90 Å². The van der Waals surface area contributed by atoms with Gasteiger partial charge in [-0.05, 0) is 62.1 Å². The Hall–Kier alpha value is -2.40. The predicted molar refractivity (Wildman–Crippen MR) is 103 cm³/mol. The topological polar surface area (TPSA) is 62.3 Å². The van der Waals surface area contributed by atoms with Crippen LogP contribution in [0, 0.1) is 0 Å². The first kappa shape index (κ1) is 18.4. The number of amides is 2. The van der Waals surface area contributed by atoms with Crippen LogP contribution in [0.4, 0.5) is 5.69 Å². The van der Waals surface area contributed by atoms with Crippen LogP contribution in [0.15, 0.2) is 42.6 Å². The van der Waals surface area contributed by atoms with Gasteiger partial charge in [-0.25, -0.2) is 0 Å². The molecule has 0 aliphatic carbocycles. The average molecular weight is 372 g/mol. The van der Waals surface area contributed by atoms with Gasteiger partial charge in [0.2, 0.25) is 0 Å². The molecular formula is C20H22ClN3O2. The second-order valence-corrected chi connectivity index (χ2v) is 6.88. The summed E-state index contributed by atoms with van der Waals surface area (Å²) in [6.45, 7) is 2.85. The van der Waals surface area contributed by atoms with Gasteiger partial charge in [0.05, 0.1) is 0 Å². The summed E-state index contributed by atoms with van der Waals surface area (Å²) < 4.78 is 0. The van der Waals surface area contributed by atoms with Gasteiger partial charge >= 0.3 is 0 Å². The van der Waals surface area contributed by atoms with Crippen LogP contribution in [0.2, 0.25) is 5.02 Å². The maximum atomic E-state index is 12.9. The second kappa shape index (κ2) is 8.32. The largest absolute Gasteiger partial charge is 0.334 e. The third-order valence-electron chi connectivity index (χ3n) is 4.70. The van der Waals surface area contributed by atoms with Crippen LogP contribution in [0.1, 0.15) is 53.5 Å². The molecule has 1 aromatic heterocycles. The number of anilines is 1. The van der Waals surface area contributed by atoms with Crippen molar-refractivity contribution in [3.8, 4) is 0 Å². The van der Waals surface area contributed by atoms with E-state index in [-0.39, 0.29) is 17.9 Å². The van der Waals surface area contributed by atoms with E-state index in [9.17, 15) is 9.59 Å². The molecule has 0 radical (unpaired) electrons. The molecule has 1 aliphatic heterocycles. The number of carbonyl (C=O) groups is 2. The van der Waals surface area contributed by atoms with E-state index in [1.165, 1.54) is 6.20 Å². The summed E-state index contributed by atoms with van der Waals surface area (Å²) in [6, 6.07) is 10.3. The first-order chi connectivity index (χ1) is 12.6. The molecule has 1 N–H and O–H groups in total. The van der Waals surface area contributed by atoms with Crippen LogP contribution >= 0.6 is 11.6 Å². The van der Waals surface area contributed by atoms with E-state index in [4.69, 9.17) is 11.6 Å². The first-order valence-corrected chi connectivity index (χ1v) is 9.30. The first-order valence-electron chi connectivity index (χ1n) is 8.92. The molecule has 1 atom stereocenters. The summed E-state index contributed by atoms with van der Waals surface area (Å²) in [4.78, 5) is 31.4. The van der Waals surface area contributed by atoms with Crippen LogP contribution in [0.3, 0.4) is 0 Å². The number of nitrogens with one attached hydrogen (secondary N) is 1. The average Bonchev–Trinajstić information content (AvgIpc) is 2.69. The number of nitrogens with zero attached hydrogens (tertiary/aromatic N) is 2. The Bertz CT molecular complexity index is 792. The molecule has 2 amide bonds. The molecule has 5 nitrogen and oxygen atoms in total. The van der Waals surface area contributed by atoms with Gasteiger partial charge in [0, 0.05) is 35.1 Å². The molecule has 2 heterocycles. The highest BCUT2D eigenvalue weighted by Crippen LogP contribution is 2.22. The van der Waals surface area contributed by atoms with Gasteiger partial charge < -0.3 is 10.2 Å². The van der Waals surface area contributed by atoms with Crippen molar-refractivity contribution in [2.45, 2.75) is 38.6 Å². The molecule has 1 aliphatic rings. The highest BCUT2D eigenvalue weighted by molar-refractivity contribution is 6.30. The smallest absolute Gasteiger partial charge is 0.272 e. The van der Waals surface area contributed by atoms with Gasteiger partial charge in [0.15, 0.2) is 0 Å². The van der Waals surface area contributed by atoms with E-state index in [0.717, 1.165) is 32.2 Å². The third-order valence-corrected chi connectivity index (χ3v) is 4.95. The standard InChI is InChI=1S/C20H22ClN3O2/c1-2-17-5-3-4-12-24(17)20(26)18-13-14(10-11-22-18)19(25)23-16-8-6-15(21)7-9-16/h6-11,13,17H,2-5,12H2,1H3,(H,23,25). The molecular weight excluding hydrogens is 350 g/mol. The number of hydrogen-bond donors (Lipinski definition) is 1. The molecule has 1 saturated heterocycles. The van der Waals surface area contributed by atoms with Crippen LogP contribution in [0.25, 0.3) is 0 Å². The van der Waals surface area contributed by atoms with Crippen molar-refractivity contribution >= 4 is 29.1 Å². The zero-order valence-electron chi connectivity index (χ0n) is 14.7. The van der Waals surface area contributed by atoms with Crippen molar-refractivity contribution in [1.29, 1.82) is 0 Å². The molecule has 136 valence electrons. The molecule has 1 unspecified atom stereocenters. The van der Waals surface area contributed by atoms with Crippen molar-refractivity contribution in [1.82, 2.24) is 9.88 Å². The summed E-state index contributed by atoms with van der Waals surface area (Å²) in [7, 11) is 0. The molecule has 0 saturated carbocycles. The number of benzene rings is 1. The Morgan fingerprint density at radius 3 is 2.73 bits per heavy atom. The number of pyridine rings is 1. The van der Waals surface area contributed by atoms with E-state index in [2.05, 4.69) is 17.2 Å². The third kappa shape index (κ3) is 4.22. The van der Waals surface area contributed by atoms with Gasteiger partial charge in [-0.3, -0.25) is 14.6 Å².